The molecule has 0 spiro atoms. The number of unbranched alkanes of at least 4 members (excludes halogenated alkanes) is 2. The van der Waals surface area contributed by atoms with Crippen LogP contribution in [0.2, 0.25) is 0 Å². The molecule has 0 aliphatic rings. The van der Waals surface area contributed by atoms with Gasteiger partial charge in [0.15, 0.2) is 0 Å². The van der Waals surface area contributed by atoms with E-state index in [0.717, 1.165) is 0 Å². The number of halogens is 3. The molecule has 0 amide bonds. The minimum atomic E-state index is -4.06. The molecule has 18 heavy (non-hydrogen) atoms. The van der Waals surface area contributed by atoms with Gasteiger partial charge < -0.3 is 0 Å². The fourth-order valence-electron chi connectivity index (χ4n) is 1.43. The molecular weight excluding hydrogens is 261 g/mol. The number of hydrogen-bond donors (Lipinski definition) is 0. The van der Waals surface area contributed by atoms with Gasteiger partial charge in [-0.25, -0.2) is 0 Å². The first kappa shape index (κ1) is 15.1. The molecule has 0 heterocycles. The maximum Gasteiger partial charge on any atom is 0.389 e. The topological polar surface area (TPSA) is 17.1 Å². The third kappa shape index (κ3) is 6.69. The number of carbonyl (C=O) groups excluding carboxylic acids is 1. The summed E-state index contributed by atoms with van der Waals surface area (Å²) in [6, 6.07) is 8.88. The molecule has 0 aliphatic heterocycles. The minimum absolute atomic E-state index is 0.0218. The number of alkyl halides is 3. The lowest BCUT2D eigenvalue weighted by Crippen LogP contribution is -2.06. The summed E-state index contributed by atoms with van der Waals surface area (Å²) in [4.78, 5) is 11.6. The molecule has 0 radical (unpaired) electrons. The predicted octanol–water partition coefficient (Wildman–Crippen LogP) is 4.68. The SMILES string of the molecule is O=C(SCCCCCC(F)(F)F)c1ccccc1. The molecule has 5 heteroatoms. The summed E-state index contributed by atoms with van der Waals surface area (Å²) < 4.78 is 35.6. The highest BCUT2D eigenvalue weighted by Gasteiger charge is 2.25. The van der Waals surface area contributed by atoms with E-state index in [1.807, 2.05) is 6.07 Å². The summed E-state index contributed by atoms with van der Waals surface area (Å²) in [6.45, 7) is 0. The normalized spacial score (nSPS) is 11.5. The number of hydrogen-bond acceptors (Lipinski definition) is 2. The van der Waals surface area contributed by atoms with Gasteiger partial charge in [-0.05, 0) is 12.8 Å². The van der Waals surface area contributed by atoms with E-state index >= 15 is 0 Å². The summed E-state index contributed by atoms with van der Waals surface area (Å²) in [5, 5.41) is -0.0218. The third-order valence-electron chi connectivity index (χ3n) is 2.35. The fraction of sp³-hybridized carbons (Fsp3) is 0.462. The molecule has 1 rings (SSSR count). The van der Waals surface area contributed by atoms with E-state index in [9.17, 15) is 18.0 Å². The molecule has 0 fully saturated rings. The second-order valence-electron chi connectivity index (χ2n) is 3.93. The second kappa shape index (κ2) is 7.46. The Morgan fingerprint density at radius 1 is 1.06 bits per heavy atom. The zero-order chi connectivity index (χ0) is 13.4. The predicted molar refractivity (Wildman–Crippen MR) is 67.8 cm³/mol. The van der Waals surface area contributed by atoms with E-state index in [2.05, 4.69) is 0 Å². The largest absolute Gasteiger partial charge is 0.389 e. The summed E-state index contributed by atoms with van der Waals surface area (Å²) in [7, 11) is 0. The molecule has 0 bridgehead atoms. The summed E-state index contributed by atoms with van der Waals surface area (Å²) in [6.07, 6.45) is -3.51. The van der Waals surface area contributed by atoms with Crippen molar-refractivity contribution in [3.63, 3.8) is 0 Å². The molecule has 0 saturated heterocycles. The first-order valence-corrected chi connectivity index (χ1v) is 6.76. The van der Waals surface area contributed by atoms with Crippen LogP contribution >= 0.6 is 11.8 Å². The maximum atomic E-state index is 11.9. The standard InChI is InChI=1S/C13H15F3OS/c14-13(15,16)9-5-2-6-10-18-12(17)11-7-3-1-4-8-11/h1,3-4,7-8H,2,5-6,9-10H2. The number of rotatable bonds is 6. The average molecular weight is 276 g/mol. The first-order chi connectivity index (χ1) is 8.49. The van der Waals surface area contributed by atoms with Crippen molar-refractivity contribution in [2.75, 3.05) is 5.75 Å². The quantitative estimate of drug-likeness (QED) is 0.701. The van der Waals surface area contributed by atoms with Gasteiger partial charge in [-0.15, -0.1) is 0 Å². The Morgan fingerprint density at radius 3 is 2.33 bits per heavy atom. The van der Waals surface area contributed by atoms with Gasteiger partial charge in [-0.1, -0.05) is 48.5 Å². The van der Waals surface area contributed by atoms with Crippen molar-refractivity contribution in [1.29, 1.82) is 0 Å². The zero-order valence-electron chi connectivity index (χ0n) is 9.87. The minimum Gasteiger partial charge on any atom is -0.282 e. The van der Waals surface area contributed by atoms with Gasteiger partial charge in [-0.3, -0.25) is 4.79 Å². The Balaban J connectivity index is 2.10. The van der Waals surface area contributed by atoms with Crippen LogP contribution in [0.4, 0.5) is 13.2 Å². The van der Waals surface area contributed by atoms with Gasteiger partial charge in [0.2, 0.25) is 5.12 Å². The Morgan fingerprint density at radius 2 is 1.72 bits per heavy atom. The molecule has 0 N–H and O–H groups in total. The number of benzene rings is 1. The molecule has 0 aliphatic carbocycles. The van der Waals surface area contributed by atoms with Crippen LogP contribution in [0.25, 0.3) is 0 Å². The van der Waals surface area contributed by atoms with Crippen molar-refractivity contribution in [1.82, 2.24) is 0 Å². The van der Waals surface area contributed by atoms with Gasteiger partial charge >= 0.3 is 6.18 Å². The summed E-state index contributed by atoms with van der Waals surface area (Å²) in [5.41, 5.74) is 0.637. The van der Waals surface area contributed by atoms with Crippen molar-refractivity contribution >= 4 is 16.9 Å². The van der Waals surface area contributed by atoms with Crippen molar-refractivity contribution in [3.8, 4) is 0 Å². The first-order valence-electron chi connectivity index (χ1n) is 5.78. The number of carbonyl (C=O) groups is 1. The molecule has 0 saturated carbocycles. The van der Waals surface area contributed by atoms with E-state index in [0.29, 0.717) is 24.2 Å². The van der Waals surface area contributed by atoms with Gasteiger partial charge in [0, 0.05) is 17.7 Å². The highest BCUT2D eigenvalue weighted by atomic mass is 32.2. The van der Waals surface area contributed by atoms with Gasteiger partial charge in [-0.2, -0.15) is 13.2 Å². The van der Waals surface area contributed by atoms with Crippen molar-refractivity contribution in [2.24, 2.45) is 0 Å². The van der Waals surface area contributed by atoms with Crippen molar-refractivity contribution in [2.45, 2.75) is 31.9 Å². The van der Waals surface area contributed by atoms with E-state index in [4.69, 9.17) is 0 Å². The van der Waals surface area contributed by atoms with Gasteiger partial charge in [0.1, 0.15) is 0 Å². The number of thioether (sulfide) groups is 1. The van der Waals surface area contributed by atoms with E-state index in [1.54, 1.807) is 24.3 Å². The van der Waals surface area contributed by atoms with Crippen LogP contribution in [-0.2, 0) is 0 Å². The average Bonchev–Trinajstić information content (AvgIpc) is 2.33. The second-order valence-corrected chi connectivity index (χ2v) is 5.00. The fourth-order valence-corrected chi connectivity index (χ4v) is 2.26. The van der Waals surface area contributed by atoms with Crippen LogP contribution in [0, 0.1) is 0 Å². The van der Waals surface area contributed by atoms with Crippen molar-refractivity contribution < 1.29 is 18.0 Å². The molecule has 0 aromatic heterocycles. The maximum absolute atomic E-state index is 11.9. The Hall–Kier alpha value is -0.970. The van der Waals surface area contributed by atoms with Crippen molar-refractivity contribution in [3.05, 3.63) is 35.9 Å². The van der Waals surface area contributed by atoms with Gasteiger partial charge in [0.05, 0.1) is 0 Å². The Kier molecular flexibility index (Phi) is 6.25. The smallest absolute Gasteiger partial charge is 0.282 e. The Bertz CT molecular complexity index is 362. The van der Waals surface area contributed by atoms with Crippen LogP contribution in [0.5, 0.6) is 0 Å². The summed E-state index contributed by atoms with van der Waals surface area (Å²) in [5.74, 6) is 0.575. The van der Waals surface area contributed by atoms with E-state index in [-0.39, 0.29) is 11.5 Å². The molecule has 1 nitrogen and oxygen atoms in total. The van der Waals surface area contributed by atoms with Crippen LogP contribution in [0.3, 0.4) is 0 Å². The highest BCUT2D eigenvalue weighted by molar-refractivity contribution is 8.14. The van der Waals surface area contributed by atoms with Crippen LogP contribution in [-0.4, -0.2) is 17.0 Å². The molecule has 0 unspecified atom stereocenters. The van der Waals surface area contributed by atoms with Crippen LogP contribution in [0.15, 0.2) is 30.3 Å². The van der Waals surface area contributed by atoms with Crippen LogP contribution < -0.4 is 0 Å². The third-order valence-corrected chi connectivity index (χ3v) is 3.34. The highest BCUT2D eigenvalue weighted by Crippen LogP contribution is 2.23. The zero-order valence-corrected chi connectivity index (χ0v) is 10.7. The summed E-state index contributed by atoms with van der Waals surface area (Å²) >= 11 is 1.17. The molecule has 1 aromatic rings. The van der Waals surface area contributed by atoms with Crippen LogP contribution in [0.1, 0.15) is 36.0 Å². The molecule has 100 valence electrons. The Labute approximate surface area is 109 Å². The van der Waals surface area contributed by atoms with E-state index in [1.165, 1.54) is 11.8 Å². The molecular formula is C13H15F3OS. The van der Waals surface area contributed by atoms with Gasteiger partial charge in [0.25, 0.3) is 0 Å². The lowest BCUT2D eigenvalue weighted by molar-refractivity contribution is -0.135. The lowest BCUT2D eigenvalue weighted by atomic mass is 10.2. The molecule has 0 atom stereocenters. The van der Waals surface area contributed by atoms with E-state index < -0.39 is 12.6 Å². The monoisotopic (exact) mass is 276 g/mol. The lowest BCUT2D eigenvalue weighted by Gasteiger charge is -2.05. The molecule has 1 aromatic carbocycles.